The van der Waals surface area contributed by atoms with E-state index in [2.05, 4.69) is 18.7 Å². The molecule has 0 saturated carbocycles. The van der Waals surface area contributed by atoms with Gasteiger partial charge in [-0.15, -0.1) is 0 Å². The fourth-order valence-electron chi connectivity index (χ4n) is 3.10. The average Bonchev–Trinajstić information content (AvgIpc) is 2.52. The van der Waals surface area contributed by atoms with Gasteiger partial charge in [0.25, 0.3) is 0 Å². The third-order valence-electron chi connectivity index (χ3n) is 4.42. The Kier molecular flexibility index (Phi) is 7.27. The molecule has 0 bridgehead atoms. The monoisotopic (exact) mass is 325 g/mol. The predicted octanol–water partition coefficient (Wildman–Crippen LogP) is 2.84. The lowest BCUT2D eigenvalue weighted by Crippen LogP contribution is -2.48. The van der Waals surface area contributed by atoms with Crippen molar-refractivity contribution in [3.8, 4) is 5.75 Å². The van der Waals surface area contributed by atoms with Crippen LogP contribution in [0.15, 0.2) is 24.3 Å². The van der Waals surface area contributed by atoms with Gasteiger partial charge >= 0.3 is 0 Å². The van der Waals surface area contributed by atoms with Gasteiger partial charge in [-0.3, -0.25) is 4.90 Å². The number of β-amino-alcohol motifs (C(OH)–C–C–N with tert-alkyl or cyclic N) is 1. The Hall–Kier alpha value is -1.17. The van der Waals surface area contributed by atoms with Gasteiger partial charge in [0.15, 0.2) is 0 Å². The summed E-state index contributed by atoms with van der Waals surface area (Å²) in [5.41, 5.74) is 0. The van der Waals surface area contributed by atoms with Crippen LogP contribution in [0.2, 0.25) is 0 Å². The zero-order valence-corrected chi connectivity index (χ0v) is 14.1. The van der Waals surface area contributed by atoms with E-state index >= 15 is 0 Å². The Balaban J connectivity index is 1.59. The van der Waals surface area contributed by atoms with Crippen LogP contribution < -0.4 is 4.74 Å². The van der Waals surface area contributed by atoms with Crippen LogP contribution in [0.5, 0.6) is 5.75 Å². The van der Waals surface area contributed by atoms with Crippen LogP contribution >= 0.6 is 0 Å². The van der Waals surface area contributed by atoms with Gasteiger partial charge in [-0.1, -0.05) is 6.42 Å². The van der Waals surface area contributed by atoms with Crippen LogP contribution in [0, 0.1) is 5.82 Å². The molecule has 1 N–H and O–H groups in total. The first-order valence-electron chi connectivity index (χ1n) is 8.46. The number of hydrogen-bond acceptors (Lipinski definition) is 4. The van der Waals surface area contributed by atoms with Crippen molar-refractivity contribution in [1.29, 1.82) is 0 Å². The van der Waals surface area contributed by atoms with Gasteiger partial charge in [-0.2, -0.15) is 0 Å². The van der Waals surface area contributed by atoms with E-state index < -0.39 is 6.10 Å². The third-order valence-corrected chi connectivity index (χ3v) is 4.42. The van der Waals surface area contributed by atoms with E-state index in [0.29, 0.717) is 44.2 Å². The Morgan fingerprint density at radius 3 is 2.48 bits per heavy atom. The molecule has 3 atom stereocenters. The highest BCUT2D eigenvalue weighted by molar-refractivity contribution is 5.21. The molecule has 23 heavy (non-hydrogen) atoms. The molecule has 1 fully saturated rings. The predicted molar refractivity (Wildman–Crippen MR) is 88.2 cm³/mol. The minimum atomic E-state index is -0.483. The summed E-state index contributed by atoms with van der Waals surface area (Å²) in [6, 6.07) is 6.94. The molecular formula is C18H28FNO3. The summed E-state index contributed by atoms with van der Waals surface area (Å²) in [6.07, 6.45) is 3.18. The van der Waals surface area contributed by atoms with Crippen LogP contribution in [0.25, 0.3) is 0 Å². The van der Waals surface area contributed by atoms with Crippen molar-refractivity contribution < 1.29 is 19.0 Å². The van der Waals surface area contributed by atoms with E-state index in [1.807, 2.05) is 0 Å². The smallest absolute Gasteiger partial charge is 0.123 e. The molecule has 2 rings (SSSR count). The molecule has 0 spiro atoms. The molecule has 0 radical (unpaired) electrons. The highest BCUT2D eigenvalue weighted by Gasteiger charge is 2.26. The summed E-state index contributed by atoms with van der Waals surface area (Å²) < 4.78 is 23.7. The molecule has 0 aliphatic carbocycles. The molecule has 0 aromatic heterocycles. The lowest BCUT2D eigenvalue weighted by molar-refractivity contribution is -0.0141. The summed E-state index contributed by atoms with van der Waals surface area (Å²) in [5, 5.41) is 10.1. The third kappa shape index (κ3) is 6.09. The number of aliphatic hydroxyl groups is 1. The lowest BCUT2D eigenvalue weighted by atomic mass is 9.97. The summed E-state index contributed by atoms with van der Waals surface area (Å²) in [4.78, 5) is 2.37. The van der Waals surface area contributed by atoms with E-state index in [-0.39, 0.29) is 5.82 Å². The number of nitrogens with zero attached hydrogens (tertiary/aromatic N) is 1. The number of rotatable bonds is 8. The molecule has 0 unspecified atom stereocenters. The van der Waals surface area contributed by atoms with Gasteiger partial charge in [0.2, 0.25) is 0 Å². The topological polar surface area (TPSA) is 41.9 Å². The van der Waals surface area contributed by atoms with Gasteiger partial charge < -0.3 is 14.6 Å². The molecule has 0 amide bonds. The van der Waals surface area contributed by atoms with Gasteiger partial charge in [0, 0.05) is 18.6 Å². The van der Waals surface area contributed by atoms with Crippen LogP contribution in [0.1, 0.15) is 33.1 Å². The largest absolute Gasteiger partial charge is 0.491 e. The average molecular weight is 325 g/mol. The van der Waals surface area contributed by atoms with Crippen molar-refractivity contribution in [1.82, 2.24) is 4.90 Å². The number of hydrogen-bond donors (Lipinski definition) is 1. The summed E-state index contributed by atoms with van der Waals surface area (Å²) in [5.74, 6) is 0.337. The Bertz CT molecular complexity index is 444. The number of ether oxygens (including phenoxy) is 2. The number of benzene rings is 1. The number of likely N-dealkylation sites (tertiary alicyclic amines) is 1. The second-order valence-corrected chi connectivity index (χ2v) is 6.36. The fourth-order valence-corrected chi connectivity index (χ4v) is 3.10. The molecule has 130 valence electrons. The Labute approximate surface area is 138 Å². The second-order valence-electron chi connectivity index (χ2n) is 6.36. The van der Waals surface area contributed by atoms with Crippen molar-refractivity contribution >= 4 is 0 Å². The molecule has 4 nitrogen and oxygen atoms in total. The van der Waals surface area contributed by atoms with Crippen molar-refractivity contribution in [3.05, 3.63) is 30.1 Å². The highest BCUT2D eigenvalue weighted by Crippen LogP contribution is 2.22. The molecule has 1 aliphatic rings. The molecule has 1 aromatic rings. The summed E-state index contributed by atoms with van der Waals surface area (Å²) in [6.45, 7) is 6.19. The van der Waals surface area contributed by atoms with Crippen molar-refractivity contribution in [2.75, 3.05) is 26.4 Å². The van der Waals surface area contributed by atoms with Crippen molar-refractivity contribution in [3.63, 3.8) is 0 Å². The SMILES string of the molecule is C[C@@H]1CCC[C@H](C)N1C[C@H](O)COCCOc1ccc(F)cc1. The first-order chi connectivity index (χ1) is 11.1. The maximum absolute atomic E-state index is 12.8. The molecule has 1 saturated heterocycles. The zero-order valence-electron chi connectivity index (χ0n) is 14.1. The molecule has 1 aromatic carbocycles. The van der Waals surface area contributed by atoms with E-state index in [0.717, 1.165) is 0 Å². The number of halogens is 1. The number of aliphatic hydroxyl groups excluding tert-OH is 1. The quantitative estimate of drug-likeness (QED) is 0.746. The van der Waals surface area contributed by atoms with Gasteiger partial charge in [-0.25, -0.2) is 4.39 Å². The normalized spacial score (nSPS) is 23.7. The van der Waals surface area contributed by atoms with Gasteiger partial charge in [-0.05, 0) is 51.0 Å². The maximum atomic E-state index is 12.8. The van der Waals surface area contributed by atoms with Crippen LogP contribution in [0.4, 0.5) is 4.39 Å². The maximum Gasteiger partial charge on any atom is 0.123 e. The van der Waals surface area contributed by atoms with Crippen molar-refractivity contribution in [2.45, 2.75) is 51.3 Å². The minimum Gasteiger partial charge on any atom is -0.491 e. The zero-order chi connectivity index (χ0) is 16.7. The Morgan fingerprint density at radius 2 is 1.83 bits per heavy atom. The van der Waals surface area contributed by atoms with Crippen LogP contribution in [0.3, 0.4) is 0 Å². The first kappa shape index (κ1) is 18.2. The van der Waals surface area contributed by atoms with E-state index in [1.165, 1.54) is 31.4 Å². The van der Waals surface area contributed by atoms with Crippen LogP contribution in [-0.2, 0) is 4.74 Å². The lowest BCUT2D eigenvalue weighted by Gasteiger charge is -2.40. The summed E-state index contributed by atoms with van der Waals surface area (Å²) in [7, 11) is 0. The summed E-state index contributed by atoms with van der Waals surface area (Å²) >= 11 is 0. The molecule has 1 aliphatic heterocycles. The van der Waals surface area contributed by atoms with E-state index in [1.54, 1.807) is 12.1 Å². The van der Waals surface area contributed by atoms with E-state index in [4.69, 9.17) is 9.47 Å². The minimum absolute atomic E-state index is 0.280. The molecule has 5 heteroatoms. The second kappa shape index (κ2) is 9.21. The van der Waals surface area contributed by atoms with Gasteiger partial charge in [0.05, 0.1) is 19.3 Å². The first-order valence-corrected chi connectivity index (χ1v) is 8.46. The molecular weight excluding hydrogens is 297 g/mol. The van der Waals surface area contributed by atoms with E-state index in [9.17, 15) is 9.50 Å². The standard InChI is InChI=1S/C18H28FNO3/c1-14-4-3-5-15(2)20(14)12-17(21)13-22-10-11-23-18-8-6-16(19)7-9-18/h6-9,14-15,17,21H,3-5,10-13H2,1-2H3/t14-,15+,17-/m0/s1. The highest BCUT2D eigenvalue weighted by atomic mass is 19.1. The Morgan fingerprint density at radius 1 is 1.17 bits per heavy atom. The molecule has 1 heterocycles. The fraction of sp³-hybridized carbons (Fsp3) is 0.667. The van der Waals surface area contributed by atoms with Crippen molar-refractivity contribution in [2.24, 2.45) is 0 Å². The number of piperidine rings is 1. The van der Waals surface area contributed by atoms with Gasteiger partial charge in [0.1, 0.15) is 18.2 Å². The van der Waals surface area contributed by atoms with Crippen LogP contribution in [-0.4, -0.2) is 54.6 Å².